The van der Waals surface area contributed by atoms with E-state index >= 15 is 0 Å². The Bertz CT molecular complexity index is 1010. The lowest BCUT2D eigenvalue weighted by Gasteiger charge is -2.46. The number of halogens is 4. The molecule has 1 atom stereocenters. The van der Waals surface area contributed by atoms with Crippen LogP contribution in [0, 0.1) is 0 Å². The Balaban J connectivity index is 1.59. The number of carbonyl (C=O) groups excluding carboxylic acids is 1. The van der Waals surface area contributed by atoms with Gasteiger partial charge in [0, 0.05) is 31.1 Å². The van der Waals surface area contributed by atoms with Crippen LogP contribution in [0.15, 0.2) is 16.9 Å². The minimum Gasteiger partial charge on any atom is -0.466 e. The number of aromatic nitrogens is 2. The number of benzene rings is 1. The number of imidazole rings is 1. The van der Waals surface area contributed by atoms with E-state index in [9.17, 15) is 22.8 Å². The van der Waals surface area contributed by atoms with Crippen LogP contribution in [0.5, 0.6) is 0 Å². The summed E-state index contributed by atoms with van der Waals surface area (Å²) in [6.45, 7) is 3.81. The van der Waals surface area contributed by atoms with Gasteiger partial charge < -0.3 is 9.72 Å². The zero-order valence-corrected chi connectivity index (χ0v) is 16.6. The average molecular weight is 432 g/mol. The van der Waals surface area contributed by atoms with Crippen LogP contribution in [0.2, 0.25) is 5.02 Å². The number of hydrogen-bond donors (Lipinski definition) is 1. The second-order valence-corrected chi connectivity index (χ2v) is 8.42. The number of fused-ring (bicyclic) bond motifs is 1. The van der Waals surface area contributed by atoms with Crippen LogP contribution < -0.4 is 5.69 Å². The summed E-state index contributed by atoms with van der Waals surface area (Å²) in [5.41, 5.74) is -1.18. The Hall–Kier alpha value is -2.00. The molecule has 4 rings (SSSR count). The number of piperidine rings is 1. The van der Waals surface area contributed by atoms with Crippen LogP contribution in [0.1, 0.15) is 44.2 Å². The lowest BCUT2D eigenvalue weighted by Crippen LogP contribution is -2.54. The van der Waals surface area contributed by atoms with Gasteiger partial charge in [-0.1, -0.05) is 11.6 Å². The number of carbonyl (C=O) groups is 1. The summed E-state index contributed by atoms with van der Waals surface area (Å²) in [4.78, 5) is 29.0. The maximum atomic E-state index is 13.1. The first-order valence-electron chi connectivity index (χ1n) is 9.50. The number of cyclic esters (lactones) is 1. The molecule has 2 aliphatic rings. The first-order chi connectivity index (χ1) is 13.6. The van der Waals surface area contributed by atoms with Crippen molar-refractivity contribution in [1.82, 2.24) is 14.5 Å². The third kappa shape index (κ3) is 3.66. The van der Waals surface area contributed by atoms with Crippen LogP contribution >= 0.6 is 11.6 Å². The van der Waals surface area contributed by atoms with Gasteiger partial charge in [-0.2, -0.15) is 13.2 Å². The maximum absolute atomic E-state index is 13.1. The lowest BCUT2D eigenvalue weighted by atomic mass is 9.87. The first-order valence-corrected chi connectivity index (χ1v) is 9.88. The van der Waals surface area contributed by atoms with Crippen LogP contribution in [-0.2, 0) is 15.7 Å². The van der Waals surface area contributed by atoms with E-state index < -0.39 is 22.5 Å². The molecular formula is C19H21ClF3N3O3. The van der Waals surface area contributed by atoms with E-state index in [1.54, 1.807) is 0 Å². The fourth-order valence-corrected chi connectivity index (χ4v) is 4.76. The predicted molar refractivity (Wildman–Crippen MR) is 101 cm³/mol. The standard InChI is InChI=1S/C19H21ClF3N3O3/c1-18(4-7-29-16(27)10-18)25-5-2-11(3-6-25)26-15-9-13(20)12(19(21,22)23)8-14(15)24-17(26)28/h8-9,11H,2-7,10H2,1H3,(H,24,28). The van der Waals surface area contributed by atoms with Crippen LogP contribution in [0.3, 0.4) is 0 Å². The Morgan fingerprint density at radius 3 is 2.55 bits per heavy atom. The SMILES string of the molecule is CC1(N2CCC(n3c(=O)[nH]c4cc(C(F)(F)F)c(Cl)cc43)CC2)CCOC(=O)C1. The zero-order valence-electron chi connectivity index (χ0n) is 15.8. The van der Waals surface area contributed by atoms with Gasteiger partial charge in [0.15, 0.2) is 0 Å². The highest BCUT2D eigenvalue weighted by molar-refractivity contribution is 6.32. The molecule has 1 N–H and O–H groups in total. The zero-order chi connectivity index (χ0) is 21.0. The number of esters is 1. The molecule has 1 aromatic carbocycles. The molecule has 0 spiro atoms. The smallest absolute Gasteiger partial charge is 0.417 e. The number of H-pyrrole nitrogens is 1. The summed E-state index contributed by atoms with van der Waals surface area (Å²) in [7, 11) is 0. The highest BCUT2D eigenvalue weighted by Gasteiger charge is 2.40. The lowest BCUT2D eigenvalue weighted by molar-refractivity contribution is -0.154. The number of ether oxygens (including phenoxy) is 1. The molecule has 1 aromatic heterocycles. The molecule has 0 amide bonds. The largest absolute Gasteiger partial charge is 0.466 e. The van der Waals surface area contributed by atoms with E-state index in [4.69, 9.17) is 16.3 Å². The summed E-state index contributed by atoms with van der Waals surface area (Å²) in [5.74, 6) is -0.205. The second kappa shape index (κ2) is 7.05. The Morgan fingerprint density at radius 2 is 1.93 bits per heavy atom. The van der Waals surface area contributed by atoms with E-state index in [1.165, 1.54) is 10.6 Å². The van der Waals surface area contributed by atoms with Crippen molar-refractivity contribution in [2.75, 3.05) is 19.7 Å². The molecule has 6 nitrogen and oxygen atoms in total. The minimum atomic E-state index is -4.59. The fourth-order valence-electron chi connectivity index (χ4n) is 4.50. The molecule has 0 saturated carbocycles. The number of likely N-dealkylation sites (tertiary alicyclic amines) is 1. The van der Waals surface area contributed by atoms with Gasteiger partial charge in [-0.05, 0) is 31.9 Å². The summed E-state index contributed by atoms with van der Waals surface area (Å²) >= 11 is 5.86. The summed E-state index contributed by atoms with van der Waals surface area (Å²) < 4.78 is 45.9. The number of hydrogen-bond acceptors (Lipinski definition) is 4. The Kier molecular flexibility index (Phi) is 4.93. The minimum absolute atomic E-state index is 0.121. The first kappa shape index (κ1) is 20.3. The van der Waals surface area contributed by atoms with Crippen LogP contribution in [0.25, 0.3) is 11.0 Å². The van der Waals surface area contributed by atoms with Crippen molar-refractivity contribution in [3.05, 3.63) is 33.2 Å². The molecule has 0 radical (unpaired) electrons. The van der Waals surface area contributed by atoms with Crippen LogP contribution in [0.4, 0.5) is 13.2 Å². The molecule has 3 heterocycles. The van der Waals surface area contributed by atoms with E-state index in [1.807, 2.05) is 6.92 Å². The Labute approximate surface area is 169 Å². The topological polar surface area (TPSA) is 67.3 Å². The van der Waals surface area contributed by atoms with Crippen molar-refractivity contribution in [1.29, 1.82) is 0 Å². The molecular weight excluding hydrogens is 411 g/mol. The predicted octanol–water partition coefficient (Wildman–Crippen LogP) is 3.73. The molecule has 1 unspecified atom stereocenters. The van der Waals surface area contributed by atoms with Crippen molar-refractivity contribution in [2.24, 2.45) is 0 Å². The van der Waals surface area contributed by atoms with Crippen molar-refractivity contribution in [3.8, 4) is 0 Å². The number of nitrogens with zero attached hydrogens (tertiary/aromatic N) is 2. The number of nitrogens with one attached hydrogen (secondary N) is 1. The molecule has 158 valence electrons. The van der Waals surface area contributed by atoms with E-state index in [0.29, 0.717) is 44.5 Å². The van der Waals surface area contributed by atoms with Crippen molar-refractivity contribution < 1.29 is 22.7 Å². The fraction of sp³-hybridized carbons (Fsp3) is 0.579. The normalized spacial score (nSPS) is 24.8. The highest BCUT2D eigenvalue weighted by atomic mass is 35.5. The molecule has 2 aromatic rings. The molecule has 2 fully saturated rings. The van der Waals surface area contributed by atoms with E-state index in [2.05, 4.69) is 9.88 Å². The van der Waals surface area contributed by atoms with Gasteiger partial charge in [0.25, 0.3) is 0 Å². The summed E-state index contributed by atoms with van der Waals surface area (Å²) in [5, 5.41) is -0.427. The van der Waals surface area contributed by atoms with Gasteiger partial charge in [-0.3, -0.25) is 14.3 Å². The van der Waals surface area contributed by atoms with Gasteiger partial charge in [-0.15, -0.1) is 0 Å². The van der Waals surface area contributed by atoms with Crippen LogP contribution in [-0.4, -0.2) is 45.7 Å². The Morgan fingerprint density at radius 1 is 1.24 bits per heavy atom. The van der Waals surface area contributed by atoms with Crippen molar-refractivity contribution >= 4 is 28.6 Å². The quantitative estimate of drug-likeness (QED) is 0.736. The van der Waals surface area contributed by atoms with E-state index in [-0.39, 0.29) is 23.1 Å². The monoisotopic (exact) mass is 431 g/mol. The molecule has 2 saturated heterocycles. The summed E-state index contributed by atoms with van der Waals surface area (Å²) in [6, 6.07) is 1.95. The highest BCUT2D eigenvalue weighted by Crippen LogP contribution is 2.38. The number of rotatable bonds is 2. The molecule has 2 aliphatic heterocycles. The summed E-state index contributed by atoms with van der Waals surface area (Å²) in [6.07, 6.45) is -2.20. The second-order valence-electron chi connectivity index (χ2n) is 8.01. The van der Waals surface area contributed by atoms with Crippen molar-refractivity contribution in [3.63, 3.8) is 0 Å². The number of aromatic amines is 1. The van der Waals surface area contributed by atoms with Gasteiger partial charge in [-0.25, -0.2) is 4.79 Å². The van der Waals surface area contributed by atoms with Crippen molar-refractivity contribution in [2.45, 2.75) is 50.4 Å². The third-order valence-corrected chi connectivity index (χ3v) is 6.45. The third-order valence-electron chi connectivity index (χ3n) is 6.13. The maximum Gasteiger partial charge on any atom is 0.417 e. The van der Waals surface area contributed by atoms with Gasteiger partial charge in [0.05, 0.1) is 34.6 Å². The molecule has 0 bridgehead atoms. The van der Waals surface area contributed by atoms with Gasteiger partial charge in [0.1, 0.15) is 0 Å². The molecule has 10 heteroatoms. The average Bonchev–Trinajstić information content (AvgIpc) is 2.95. The molecule has 29 heavy (non-hydrogen) atoms. The van der Waals surface area contributed by atoms with Gasteiger partial charge in [0.2, 0.25) is 0 Å². The van der Waals surface area contributed by atoms with E-state index in [0.717, 1.165) is 12.5 Å². The van der Waals surface area contributed by atoms with Gasteiger partial charge >= 0.3 is 17.8 Å². The number of alkyl halides is 3. The molecule has 0 aliphatic carbocycles.